The van der Waals surface area contributed by atoms with Gasteiger partial charge in [-0.25, -0.2) is 27.7 Å². The third-order valence-electron chi connectivity index (χ3n) is 5.95. The molecule has 0 atom stereocenters. The van der Waals surface area contributed by atoms with Crippen molar-refractivity contribution in [2.75, 3.05) is 24.7 Å². The molecule has 3 heterocycles. The normalized spacial score (nSPS) is 15.7. The van der Waals surface area contributed by atoms with E-state index in [0.29, 0.717) is 36.5 Å². The number of aromatic nitrogens is 3. The number of piperidine rings is 1. The van der Waals surface area contributed by atoms with Gasteiger partial charge in [-0.2, -0.15) is 13.2 Å². The van der Waals surface area contributed by atoms with Crippen LogP contribution in [0.25, 0.3) is 21.1 Å². The highest BCUT2D eigenvalue weighted by Gasteiger charge is 2.36. The van der Waals surface area contributed by atoms with Gasteiger partial charge in [0.1, 0.15) is 10.6 Å². The van der Waals surface area contributed by atoms with E-state index >= 15 is 0 Å². The minimum Gasteiger partial charge on any atom is -0.351 e. The maximum absolute atomic E-state index is 13.8. The maximum Gasteiger partial charge on any atom is 0.420 e. The van der Waals surface area contributed by atoms with Crippen molar-refractivity contribution < 1.29 is 26.4 Å². The van der Waals surface area contributed by atoms with Crippen LogP contribution in [0.3, 0.4) is 0 Å². The average Bonchev–Trinajstić information content (AvgIpc) is 3.28. The quantitative estimate of drug-likeness (QED) is 0.455. The summed E-state index contributed by atoms with van der Waals surface area (Å²) < 4.78 is 66.1. The largest absolute Gasteiger partial charge is 0.420 e. The van der Waals surface area contributed by atoms with Crippen LogP contribution in [-0.2, 0) is 16.2 Å². The average molecular weight is 540 g/mol. The van der Waals surface area contributed by atoms with Gasteiger partial charge in [0.2, 0.25) is 16.0 Å². The monoisotopic (exact) mass is 539 g/mol. The zero-order valence-corrected chi connectivity index (χ0v) is 21.4. The highest BCUT2D eigenvalue weighted by molar-refractivity contribution is 7.88. The highest BCUT2D eigenvalue weighted by Crippen LogP contribution is 2.40. The zero-order valence-electron chi connectivity index (χ0n) is 19.8. The van der Waals surface area contributed by atoms with Crippen LogP contribution < -0.4 is 5.32 Å². The van der Waals surface area contributed by atoms with E-state index in [2.05, 4.69) is 20.3 Å². The van der Waals surface area contributed by atoms with E-state index in [0.717, 1.165) is 34.9 Å². The number of sulfonamides is 1. The molecule has 36 heavy (non-hydrogen) atoms. The van der Waals surface area contributed by atoms with Crippen molar-refractivity contribution in [3.8, 4) is 21.1 Å². The van der Waals surface area contributed by atoms with Crippen molar-refractivity contribution in [1.82, 2.24) is 19.3 Å². The Balaban J connectivity index is 1.62. The molecule has 1 fully saturated rings. The molecule has 13 heteroatoms. The highest BCUT2D eigenvalue weighted by atomic mass is 32.2. The molecule has 2 aromatic heterocycles. The second-order valence-electron chi connectivity index (χ2n) is 8.65. The fraction of sp³-hybridized carbons (Fsp3) is 0.391. The second-order valence-corrected chi connectivity index (χ2v) is 11.7. The fourth-order valence-corrected chi connectivity index (χ4v) is 5.88. The summed E-state index contributed by atoms with van der Waals surface area (Å²) in [5, 5.41) is 3.55. The van der Waals surface area contributed by atoms with Crippen molar-refractivity contribution in [3.05, 3.63) is 47.3 Å². The van der Waals surface area contributed by atoms with E-state index in [1.165, 1.54) is 17.4 Å². The van der Waals surface area contributed by atoms with Crippen molar-refractivity contribution in [3.63, 3.8) is 0 Å². The van der Waals surface area contributed by atoms with Crippen LogP contribution in [0.15, 0.2) is 30.6 Å². The summed E-state index contributed by atoms with van der Waals surface area (Å²) in [5.74, 6) is -0.0462. The molecule has 0 radical (unpaired) electrons. The van der Waals surface area contributed by atoms with Crippen LogP contribution in [0.2, 0.25) is 0 Å². The van der Waals surface area contributed by atoms with Gasteiger partial charge in [-0.15, -0.1) is 11.3 Å². The van der Waals surface area contributed by atoms with Crippen molar-refractivity contribution in [2.45, 2.75) is 38.9 Å². The van der Waals surface area contributed by atoms with Crippen molar-refractivity contribution >= 4 is 33.1 Å². The Morgan fingerprint density at radius 1 is 1.17 bits per heavy atom. The molecule has 1 saturated heterocycles. The summed E-state index contributed by atoms with van der Waals surface area (Å²) in [5.41, 5.74) is 0.787. The summed E-state index contributed by atoms with van der Waals surface area (Å²) in [6, 6.07) is 4.94. The number of thiazole rings is 1. The van der Waals surface area contributed by atoms with Gasteiger partial charge in [0.05, 0.1) is 16.8 Å². The number of alkyl halides is 3. The number of rotatable bonds is 6. The van der Waals surface area contributed by atoms with E-state index in [-0.39, 0.29) is 28.3 Å². The lowest BCUT2D eigenvalue weighted by Gasteiger charge is -2.30. The fourth-order valence-electron chi connectivity index (χ4n) is 3.99. The van der Waals surface area contributed by atoms with E-state index in [4.69, 9.17) is 0 Å². The Hall–Kier alpha value is -2.90. The molecule has 1 N–H and O–H groups in total. The first-order valence-corrected chi connectivity index (χ1v) is 13.7. The van der Waals surface area contributed by atoms with Gasteiger partial charge < -0.3 is 5.32 Å². The number of carbonyl (C=O) groups excluding carboxylic acids is 1. The molecule has 0 aliphatic carbocycles. The number of halogens is 3. The predicted molar refractivity (Wildman–Crippen MR) is 131 cm³/mol. The number of nitrogens with zero attached hydrogens (tertiary/aromatic N) is 4. The molecular weight excluding hydrogens is 515 g/mol. The second kappa shape index (κ2) is 9.87. The molecule has 1 aromatic carbocycles. The first-order valence-electron chi connectivity index (χ1n) is 11.1. The number of aryl methyl sites for hydroxylation is 1. The first kappa shape index (κ1) is 26.2. The molecule has 0 saturated carbocycles. The third kappa shape index (κ3) is 5.73. The number of Topliss-reactive ketones (excluding diaryl/α,β-unsaturated/α-hetero) is 1. The molecule has 192 valence electrons. The summed E-state index contributed by atoms with van der Waals surface area (Å²) in [4.78, 5) is 24.2. The lowest BCUT2D eigenvalue weighted by Crippen LogP contribution is -2.42. The number of hydrogen-bond donors (Lipinski definition) is 1. The van der Waals surface area contributed by atoms with Gasteiger partial charge in [0, 0.05) is 42.7 Å². The lowest BCUT2D eigenvalue weighted by molar-refractivity contribution is -0.137. The van der Waals surface area contributed by atoms with E-state index < -0.39 is 21.8 Å². The molecule has 1 aliphatic rings. The SMILES string of the molecule is CC(=O)c1ccc(-c2ncc(-c3nc(NC4CCN(S(C)(=O)=O)CC4)ncc3C(F)(F)F)s2)c(C)c1. The molecule has 1 aliphatic heterocycles. The summed E-state index contributed by atoms with van der Waals surface area (Å²) in [6.07, 6.45) is -0.459. The molecule has 0 amide bonds. The van der Waals surface area contributed by atoms with E-state index in [9.17, 15) is 26.4 Å². The predicted octanol–water partition coefficient (Wildman–Crippen LogP) is 4.63. The van der Waals surface area contributed by atoms with Crippen LogP contribution >= 0.6 is 11.3 Å². The van der Waals surface area contributed by atoms with Crippen LogP contribution in [-0.4, -0.2) is 58.8 Å². The van der Waals surface area contributed by atoms with Gasteiger partial charge in [-0.1, -0.05) is 12.1 Å². The Kier molecular flexibility index (Phi) is 7.17. The van der Waals surface area contributed by atoms with E-state index in [1.54, 1.807) is 18.2 Å². The Morgan fingerprint density at radius 2 is 1.86 bits per heavy atom. The Bertz CT molecular complexity index is 1400. The smallest absolute Gasteiger partial charge is 0.351 e. The molecular formula is C23H24F3N5O3S2. The van der Waals surface area contributed by atoms with Gasteiger partial charge >= 0.3 is 6.18 Å². The first-order chi connectivity index (χ1) is 16.8. The van der Waals surface area contributed by atoms with Gasteiger partial charge in [0.25, 0.3) is 0 Å². The lowest BCUT2D eigenvalue weighted by atomic mass is 10.0. The number of ketones is 1. The molecule has 8 nitrogen and oxygen atoms in total. The van der Waals surface area contributed by atoms with Crippen LogP contribution in [0, 0.1) is 6.92 Å². The zero-order chi connectivity index (χ0) is 26.3. The Labute approximate surface area is 210 Å². The van der Waals surface area contributed by atoms with Crippen LogP contribution in [0.5, 0.6) is 0 Å². The summed E-state index contributed by atoms with van der Waals surface area (Å²) in [7, 11) is -3.29. The molecule has 0 bridgehead atoms. The number of benzene rings is 1. The molecule has 4 rings (SSSR count). The van der Waals surface area contributed by atoms with Crippen LogP contribution in [0.4, 0.5) is 19.1 Å². The number of nitrogens with one attached hydrogen (secondary N) is 1. The number of carbonyl (C=O) groups is 1. The maximum atomic E-state index is 13.8. The van der Waals surface area contributed by atoms with E-state index in [1.807, 2.05) is 6.92 Å². The van der Waals surface area contributed by atoms with Crippen molar-refractivity contribution in [1.29, 1.82) is 0 Å². The van der Waals surface area contributed by atoms with Gasteiger partial charge in [-0.3, -0.25) is 4.79 Å². The van der Waals surface area contributed by atoms with Gasteiger partial charge in [-0.05, 0) is 38.3 Å². The minimum atomic E-state index is -4.67. The molecule has 0 spiro atoms. The topological polar surface area (TPSA) is 105 Å². The van der Waals surface area contributed by atoms with Crippen molar-refractivity contribution in [2.24, 2.45) is 0 Å². The van der Waals surface area contributed by atoms with Gasteiger partial charge in [0.15, 0.2) is 5.78 Å². The third-order valence-corrected chi connectivity index (χ3v) is 8.29. The minimum absolute atomic E-state index is 0.0350. The summed E-state index contributed by atoms with van der Waals surface area (Å²) >= 11 is 1.07. The molecule has 3 aromatic rings. The Morgan fingerprint density at radius 3 is 2.44 bits per heavy atom. The summed E-state index contributed by atoms with van der Waals surface area (Å²) in [6.45, 7) is 3.89. The van der Waals surface area contributed by atoms with Crippen LogP contribution in [0.1, 0.15) is 41.3 Å². The number of anilines is 1. The number of hydrogen-bond acceptors (Lipinski definition) is 8. The standard InChI is InChI=1S/C23H24F3N5O3S2/c1-13-10-15(14(2)32)4-5-17(13)21-27-12-19(35-21)20-18(23(24,25)26)11-28-22(30-20)29-16-6-8-31(9-7-16)36(3,33)34/h4-5,10-12,16H,6-9H2,1-3H3,(H,28,29,30). The molecule has 0 unspecified atom stereocenters.